The lowest BCUT2D eigenvalue weighted by molar-refractivity contribution is -0.119. The fourth-order valence-electron chi connectivity index (χ4n) is 3.47. The van der Waals surface area contributed by atoms with Gasteiger partial charge in [0, 0.05) is 6.07 Å². The molecule has 1 amide bonds. The Labute approximate surface area is 218 Å². The highest BCUT2D eigenvalue weighted by molar-refractivity contribution is 7.92. The molecule has 198 valence electrons. The molecular weight excluding hydrogens is 496 g/mol. The Balaban J connectivity index is 1.79. The Bertz CT molecular complexity index is 1280. The van der Waals surface area contributed by atoms with E-state index < -0.39 is 22.5 Å². The maximum atomic E-state index is 13.7. The molecule has 0 atom stereocenters. The molecule has 3 aromatic rings. The van der Waals surface area contributed by atoms with Gasteiger partial charge in [0.15, 0.2) is 11.5 Å². The second kappa shape index (κ2) is 12.9. The number of benzene rings is 3. The van der Waals surface area contributed by atoms with Crippen LogP contribution < -0.4 is 28.6 Å². The van der Waals surface area contributed by atoms with Gasteiger partial charge in [-0.1, -0.05) is 17.7 Å². The van der Waals surface area contributed by atoms with Crippen LogP contribution in [0.5, 0.6) is 23.0 Å². The van der Waals surface area contributed by atoms with Crippen LogP contribution in [0.2, 0.25) is 0 Å². The number of ether oxygens (including phenoxy) is 4. The van der Waals surface area contributed by atoms with Gasteiger partial charge in [0.2, 0.25) is 5.91 Å². The molecule has 0 aliphatic rings. The number of nitrogens with one attached hydrogen (secondary N) is 1. The molecular formula is C27H32N2O7S. The summed E-state index contributed by atoms with van der Waals surface area (Å²) in [6, 6.07) is 18.3. The first-order valence-electron chi connectivity index (χ1n) is 11.7. The van der Waals surface area contributed by atoms with E-state index in [4.69, 9.17) is 18.9 Å². The van der Waals surface area contributed by atoms with E-state index in [0.29, 0.717) is 29.5 Å². The van der Waals surface area contributed by atoms with E-state index in [-0.39, 0.29) is 23.8 Å². The number of methoxy groups -OCH3 is 2. The second-order valence-electron chi connectivity index (χ2n) is 7.97. The van der Waals surface area contributed by atoms with Gasteiger partial charge in [0.25, 0.3) is 10.0 Å². The fourth-order valence-corrected chi connectivity index (χ4v) is 4.91. The summed E-state index contributed by atoms with van der Waals surface area (Å²) in [4.78, 5) is 12.8. The quantitative estimate of drug-likeness (QED) is 0.337. The fraction of sp³-hybridized carbons (Fsp3) is 0.296. The summed E-state index contributed by atoms with van der Waals surface area (Å²) >= 11 is 0. The topological polar surface area (TPSA) is 103 Å². The van der Waals surface area contributed by atoms with Crippen molar-refractivity contribution in [2.45, 2.75) is 18.7 Å². The zero-order valence-corrected chi connectivity index (χ0v) is 22.2. The van der Waals surface area contributed by atoms with Gasteiger partial charge < -0.3 is 24.3 Å². The van der Waals surface area contributed by atoms with Gasteiger partial charge in [-0.25, -0.2) is 8.42 Å². The summed E-state index contributed by atoms with van der Waals surface area (Å²) in [7, 11) is -1.26. The summed E-state index contributed by atoms with van der Waals surface area (Å²) in [5.74, 6) is 1.44. The Morgan fingerprint density at radius 1 is 0.865 bits per heavy atom. The van der Waals surface area contributed by atoms with Crippen molar-refractivity contribution in [1.82, 2.24) is 5.32 Å². The summed E-state index contributed by atoms with van der Waals surface area (Å²) in [5, 5.41) is 2.72. The number of rotatable bonds is 13. The average Bonchev–Trinajstić information content (AvgIpc) is 2.91. The third-order valence-corrected chi connectivity index (χ3v) is 7.15. The van der Waals surface area contributed by atoms with E-state index in [1.807, 2.05) is 38.1 Å². The van der Waals surface area contributed by atoms with Crippen LogP contribution in [0.1, 0.15) is 12.5 Å². The van der Waals surface area contributed by atoms with Crippen molar-refractivity contribution in [2.75, 3.05) is 44.8 Å². The predicted octanol–water partition coefficient (Wildman–Crippen LogP) is 3.80. The number of hydrogen-bond acceptors (Lipinski definition) is 7. The third-order valence-electron chi connectivity index (χ3n) is 5.38. The number of nitrogens with zero attached hydrogens (tertiary/aromatic N) is 1. The minimum Gasteiger partial charge on any atom is -0.494 e. The van der Waals surface area contributed by atoms with Crippen LogP contribution in [0, 0.1) is 6.92 Å². The van der Waals surface area contributed by atoms with E-state index in [2.05, 4.69) is 5.32 Å². The number of anilines is 1. The van der Waals surface area contributed by atoms with Gasteiger partial charge in [-0.3, -0.25) is 9.10 Å². The molecule has 0 aliphatic heterocycles. The van der Waals surface area contributed by atoms with Crippen LogP contribution in [-0.2, 0) is 14.8 Å². The first-order chi connectivity index (χ1) is 17.8. The van der Waals surface area contributed by atoms with E-state index in [1.54, 1.807) is 24.3 Å². The molecule has 0 unspecified atom stereocenters. The summed E-state index contributed by atoms with van der Waals surface area (Å²) in [5.41, 5.74) is 1.43. The first-order valence-corrected chi connectivity index (χ1v) is 13.2. The highest BCUT2D eigenvalue weighted by Crippen LogP contribution is 2.32. The minimum atomic E-state index is -4.14. The van der Waals surface area contributed by atoms with Crippen molar-refractivity contribution in [3.8, 4) is 23.0 Å². The van der Waals surface area contributed by atoms with Crippen LogP contribution >= 0.6 is 0 Å². The van der Waals surface area contributed by atoms with Gasteiger partial charge in [0.1, 0.15) is 24.7 Å². The number of carbonyl (C=O) groups excluding carboxylic acids is 1. The SMILES string of the molecule is CCOc1ccc(N(CC(=O)NCCOc2ccc(C)cc2)S(=O)(=O)c2ccc(OC)c(OC)c2)cc1. The molecule has 0 bridgehead atoms. The van der Waals surface area contributed by atoms with Crippen LogP contribution in [0.15, 0.2) is 71.6 Å². The molecule has 0 radical (unpaired) electrons. The molecule has 0 fully saturated rings. The molecule has 0 saturated carbocycles. The molecule has 0 heterocycles. The molecule has 10 heteroatoms. The van der Waals surface area contributed by atoms with Crippen molar-refractivity contribution < 1.29 is 32.2 Å². The summed E-state index contributed by atoms with van der Waals surface area (Å²) in [6.45, 7) is 4.32. The van der Waals surface area contributed by atoms with Gasteiger partial charge in [-0.15, -0.1) is 0 Å². The van der Waals surface area contributed by atoms with Gasteiger partial charge in [0.05, 0.1) is 38.0 Å². The van der Waals surface area contributed by atoms with Crippen molar-refractivity contribution in [3.05, 3.63) is 72.3 Å². The van der Waals surface area contributed by atoms with Gasteiger partial charge in [-0.2, -0.15) is 0 Å². The van der Waals surface area contributed by atoms with Crippen LogP contribution in [0.25, 0.3) is 0 Å². The molecule has 3 rings (SSSR count). The number of hydrogen-bond donors (Lipinski definition) is 1. The van der Waals surface area contributed by atoms with Gasteiger partial charge >= 0.3 is 0 Å². The van der Waals surface area contributed by atoms with E-state index >= 15 is 0 Å². The molecule has 0 aromatic heterocycles. The van der Waals surface area contributed by atoms with E-state index in [9.17, 15) is 13.2 Å². The van der Waals surface area contributed by atoms with Crippen molar-refractivity contribution in [1.29, 1.82) is 0 Å². The van der Waals surface area contributed by atoms with E-state index in [1.165, 1.54) is 32.4 Å². The van der Waals surface area contributed by atoms with Crippen molar-refractivity contribution >= 4 is 21.6 Å². The number of carbonyl (C=O) groups is 1. The standard InChI is InChI=1S/C27H32N2O7S/c1-5-35-22-12-8-21(9-13-22)29(37(31,32)24-14-15-25(33-3)26(18-24)34-4)19-27(30)28-16-17-36-23-10-6-20(2)7-11-23/h6-15,18H,5,16-17,19H2,1-4H3,(H,28,30). The molecule has 0 saturated heterocycles. The Morgan fingerprint density at radius 3 is 2.11 bits per heavy atom. The van der Waals surface area contributed by atoms with Crippen LogP contribution in [0.3, 0.4) is 0 Å². The highest BCUT2D eigenvalue weighted by Gasteiger charge is 2.28. The monoisotopic (exact) mass is 528 g/mol. The largest absolute Gasteiger partial charge is 0.494 e. The lowest BCUT2D eigenvalue weighted by Crippen LogP contribution is -2.41. The summed E-state index contributed by atoms with van der Waals surface area (Å²) < 4.78 is 50.0. The normalized spacial score (nSPS) is 10.9. The average molecular weight is 529 g/mol. The number of amides is 1. The zero-order chi connectivity index (χ0) is 26.8. The predicted molar refractivity (Wildman–Crippen MR) is 141 cm³/mol. The second-order valence-corrected chi connectivity index (χ2v) is 9.83. The molecule has 1 N–H and O–H groups in total. The van der Waals surface area contributed by atoms with Crippen LogP contribution in [0.4, 0.5) is 5.69 Å². The lowest BCUT2D eigenvalue weighted by Gasteiger charge is -2.24. The Hall–Kier alpha value is -3.92. The maximum absolute atomic E-state index is 13.7. The van der Waals surface area contributed by atoms with Crippen LogP contribution in [-0.4, -0.2) is 54.8 Å². The number of aryl methyl sites for hydroxylation is 1. The zero-order valence-electron chi connectivity index (χ0n) is 21.4. The highest BCUT2D eigenvalue weighted by atomic mass is 32.2. The minimum absolute atomic E-state index is 0.0467. The first kappa shape index (κ1) is 27.7. The molecule has 9 nitrogen and oxygen atoms in total. The maximum Gasteiger partial charge on any atom is 0.264 e. The smallest absolute Gasteiger partial charge is 0.264 e. The molecule has 37 heavy (non-hydrogen) atoms. The molecule has 0 spiro atoms. The van der Waals surface area contributed by atoms with Gasteiger partial charge in [-0.05, 0) is 62.4 Å². The third kappa shape index (κ3) is 7.29. The molecule has 3 aromatic carbocycles. The Kier molecular flexibility index (Phi) is 9.62. The molecule has 0 aliphatic carbocycles. The van der Waals surface area contributed by atoms with Crippen molar-refractivity contribution in [2.24, 2.45) is 0 Å². The van der Waals surface area contributed by atoms with Crippen molar-refractivity contribution in [3.63, 3.8) is 0 Å². The summed E-state index contributed by atoms with van der Waals surface area (Å²) in [6.07, 6.45) is 0. The lowest BCUT2D eigenvalue weighted by atomic mass is 10.2. The van der Waals surface area contributed by atoms with E-state index in [0.717, 1.165) is 9.87 Å². The number of sulfonamides is 1. The Morgan fingerprint density at radius 2 is 1.49 bits per heavy atom.